The van der Waals surface area contributed by atoms with E-state index in [-0.39, 0.29) is 5.91 Å². The van der Waals surface area contributed by atoms with Crippen LogP contribution < -0.4 is 19.5 Å². The maximum Gasteiger partial charge on any atom is 0.226 e. The van der Waals surface area contributed by atoms with Crippen molar-refractivity contribution in [3.63, 3.8) is 0 Å². The standard InChI is InChI=1S/C22H24N2O4S2/c1-26-18-11-14(12-19(27-2)21(18)28-3)5-10-20(25)24-22-23-17(13-30-22)15-6-8-16(29-4)9-7-15/h6-9,11-13H,5,10H2,1-4H3,(H,23,24,25). The number of thioether (sulfide) groups is 1. The summed E-state index contributed by atoms with van der Waals surface area (Å²) in [4.78, 5) is 18.1. The van der Waals surface area contributed by atoms with Crippen LogP contribution in [0.1, 0.15) is 12.0 Å². The van der Waals surface area contributed by atoms with Crippen LogP contribution >= 0.6 is 23.1 Å². The van der Waals surface area contributed by atoms with Crippen molar-refractivity contribution in [3.8, 4) is 28.5 Å². The van der Waals surface area contributed by atoms with Gasteiger partial charge in [0.25, 0.3) is 0 Å². The lowest BCUT2D eigenvalue weighted by Crippen LogP contribution is -2.12. The highest BCUT2D eigenvalue weighted by Crippen LogP contribution is 2.38. The van der Waals surface area contributed by atoms with E-state index in [1.807, 2.05) is 35.9 Å². The molecule has 30 heavy (non-hydrogen) atoms. The molecule has 0 aliphatic rings. The maximum absolute atomic E-state index is 12.4. The van der Waals surface area contributed by atoms with E-state index in [1.54, 1.807) is 33.1 Å². The Kier molecular flexibility index (Phi) is 7.59. The Balaban J connectivity index is 1.62. The van der Waals surface area contributed by atoms with Crippen molar-refractivity contribution in [2.45, 2.75) is 17.7 Å². The Morgan fingerprint density at radius 2 is 1.73 bits per heavy atom. The minimum atomic E-state index is -0.0950. The van der Waals surface area contributed by atoms with Crippen molar-refractivity contribution in [2.75, 3.05) is 32.9 Å². The number of aromatic nitrogens is 1. The van der Waals surface area contributed by atoms with Crippen molar-refractivity contribution in [1.82, 2.24) is 4.98 Å². The predicted molar refractivity (Wildman–Crippen MR) is 122 cm³/mol. The molecular weight excluding hydrogens is 420 g/mol. The highest BCUT2D eigenvalue weighted by molar-refractivity contribution is 7.98. The maximum atomic E-state index is 12.4. The van der Waals surface area contributed by atoms with Gasteiger partial charge in [-0.1, -0.05) is 12.1 Å². The van der Waals surface area contributed by atoms with Gasteiger partial charge in [0, 0.05) is 22.3 Å². The molecule has 6 nitrogen and oxygen atoms in total. The highest BCUT2D eigenvalue weighted by atomic mass is 32.2. The average molecular weight is 445 g/mol. The van der Waals surface area contributed by atoms with Gasteiger partial charge in [-0.05, 0) is 42.5 Å². The molecule has 1 aromatic heterocycles. The number of amides is 1. The number of nitrogens with one attached hydrogen (secondary N) is 1. The fourth-order valence-corrected chi connectivity index (χ4v) is 4.09. The van der Waals surface area contributed by atoms with Crippen LogP contribution in [0.5, 0.6) is 17.2 Å². The van der Waals surface area contributed by atoms with E-state index in [0.717, 1.165) is 16.8 Å². The quantitative estimate of drug-likeness (QED) is 0.462. The second kappa shape index (κ2) is 10.4. The number of ether oxygens (including phenoxy) is 3. The van der Waals surface area contributed by atoms with E-state index in [2.05, 4.69) is 22.4 Å². The van der Waals surface area contributed by atoms with Crippen molar-refractivity contribution in [1.29, 1.82) is 0 Å². The second-order valence-electron chi connectivity index (χ2n) is 6.35. The molecule has 0 radical (unpaired) electrons. The first-order chi connectivity index (χ1) is 14.6. The summed E-state index contributed by atoms with van der Waals surface area (Å²) in [5.41, 5.74) is 2.81. The van der Waals surface area contributed by atoms with Crippen molar-refractivity contribution >= 4 is 34.1 Å². The first-order valence-corrected chi connectivity index (χ1v) is 11.4. The summed E-state index contributed by atoms with van der Waals surface area (Å²) in [6, 6.07) is 11.9. The zero-order valence-electron chi connectivity index (χ0n) is 17.4. The van der Waals surface area contributed by atoms with Gasteiger partial charge in [-0.2, -0.15) is 0 Å². The zero-order chi connectivity index (χ0) is 21.5. The van der Waals surface area contributed by atoms with Crippen LogP contribution in [0.4, 0.5) is 5.13 Å². The van der Waals surface area contributed by atoms with Gasteiger partial charge in [0.2, 0.25) is 11.7 Å². The lowest BCUT2D eigenvalue weighted by Gasteiger charge is -2.14. The van der Waals surface area contributed by atoms with Crippen LogP contribution in [-0.2, 0) is 11.2 Å². The van der Waals surface area contributed by atoms with E-state index in [0.29, 0.717) is 35.2 Å². The molecule has 8 heteroatoms. The minimum absolute atomic E-state index is 0.0950. The van der Waals surface area contributed by atoms with Gasteiger partial charge in [-0.25, -0.2) is 4.98 Å². The number of hydrogen-bond donors (Lipinski definition) is 1. The number of nitrogens with zero attached hydrogens (tertiary/aromatic N) is 1. The molecule has 158 valence electrons. The molecule has 2 aromatic carbocycles. The molecule has 0 bridgehead atoms. The molecule has 0 unspecified atom stereocenters. The third-order valence-electron chi connectivity index (χ3n) is 4.50. The Bertz CT molecular complexity index is 978. The fourth-order valence-electron chi connectivity index (χ4n) is 2.94. The van der Waals surface area contributed by atoms with Crippen LogP contribution in [0, 0.1) is 0 Å². The molecule has 3 rings (SSSR count). The third-order valence-corrected chi connectivity index (χ3v) is 6.00. The molecule has 0 atom stereocenters. The van der Waals surface area contributed by atoms with Gasteiger partial charge >= 0.3 is 0 Å². The molecule has 0 aliphatic heterocycles. The van der Waals surface area contributed by atoms with Crippen LogP contribution in [-0.4, -0.2) is 38.5 Å². The molecule has 0 saturated carbocycles. The van der Waals surface area contributed by atoms with E-state index in [4.69, 9.17) is 14.2 Å². The van der Waals surface area contributed by atoms with Gasteiger partial charge in [-0.15, -0.1) is 23.1 Å². The molecule has 0 spiro atoms. The molecule has 1 N–H and O–H groups in total. The molecule has 0 aliphatic carbocycles. The molecule has 0 saturated heterocycles. The predicted octanol–water partition coefficient (Wildman–Crippen LogP) is 5.13. The number of benzene rings is 2. The van der Waals surface area contributed by atoms with Gasteiger partial charge in [0.1, 0.15) is 0 Å². The van der Waals surface area contributed by atoms with E-state index < -0.39 is 0 Å². The number of rotatable bonds is 9. The average Bonchev–Trinajstić information content (AvgIpc) is 3.25. The Morgan fingerprint density at radius 3 is 2.30 bits per heavy atom. The first kappa shape index (κ1) is 22.0. The first-order valence-electron chi connectivity index (χ1n) is 9.26. The van der Waals surface area contributed by atoms with Crippen LogP contribution in [0.25, 0.3) is 11.3 Å². The SMILES string of the molecule is COc1cc(CCC(=O)Nc2nc(-c3ccc(SC)cc3)cs2)cc(OC)c1OC. The number of aryl methyl sites for hydroxylation is 1. The summed E-state index contributed by atoms with van der Waals surface area (Å²) in [5.74, 6) is 1.59. The normalized spacial score (nSPS) is 10.5. The van der Waals surface area contributed by atoms with Gasteiger partial charge in [-0.3, -0.25) is 4.79 Å². The molecule has 0 fully saturated rings. The number of anilines is 1. The van der Waals surface area contributed by atoms with Crippen LogP contribution in [0.15, 0.2) is 46.7 Å². The summed E-state index contributed by atoms with van der Waals surface area (Å²) < 4.78 is 16.1. The number of thiazole rings is 1. The van der Waals surface area contributed by atoms with Crippen LogP contribution in [0.3, 0.4) is 0 Å². The smallest absolute Gasteiger partial charge is 0.226 e. The van der Waals surface area contributed by atoms with Crippen LogP contribution in [0.2, 0.25) is 0 Å². The number of hydrogen-bond acceptors (Lipinski definition) is 7. The summed E-state index contributed by atoms with van der Waals surface area (Å²) in [6.07, 6.45) is 2.90. The van der Waals surface area contributed by atoms with E-state index >= 15 is 0 Å². The van der Waals surface area contributed by atoms with Crippen molar-refractivity contribution < 1.29 is 19.0 Å². The van der Waals surface area contributed by atoms with Gasteiger partial charge in [0.05, 0.1) is 27.0 Å². The molecule has 3 aromatic rings. The zero-order valence-corrected chi connectivity index (χ0v) is 19.0. The third kappa shape index (κ3) is 5.25. The number of carbonyl (C=O) groups is 1. The van der Waals surface area contributed by atoms with Crippen molar-refractivity contribution in [2.24, 2.45) is 0 Å². The highest BCUT2D eigenvalue weighted by Gasteiger charge is 2.14. The fraction of sp³-hybridized carbons (Fsp3) is 0.273. The summed E-state index contributed by atoms with van der Waals surface area (Å²) in [7, 11) is 4.71. The van der Waals surface area contributed by atoms with Gasteiger partial charge < -0.3 is 19.5 Å². The van der Waals surface area contributed by atoms with Crippen molar-refractivity contribution in [3.05, 3.63) is 47.3 Å². The Labute approximate surface area is 184 Å². The summed E-state index contributed by atoms with van der Waals surface area (Å²) in [5, 5.41) is 5.42. The molecular formula is C22H24N2O4S2. The lowest BCUT2D eigenvalue weighted by molar-refractivity contribution is -0.116. The summed E-state index contributed by atoms with van der Waals surface area (Å²) in [6.45, 7) is 0. The largest absolute Gasteiger partial charge is 0.493 e. The number of carbonyl (C=O) groups excluding carboxylic acids is 1. The molecule has 1 heterocycles. The second-order valence-corrected chi connectivity index (χ2v) is 8.09. The Morgan fingerprint density at radius 1 is 1.07 bits per heavy atom. The topological polar surface area (TPSA) is 69.7 Å². The Hall–Kier alpha value is -2.71. The van der Waals surface area contributed by atoms with Gasteiger partial charge in [0.15, 0.2) is 16.6 Å². The number of methoxy groups -OCH3 is 3. The minimum Gasteiger partial charge on any atom is -0.493 e. The monoisotopic (exact) mass is 444 g/mol. The lowest BCUT2D eigenvalue weighted by atomic mass is 10.1. The van der Waals surface area contributed by atoms with E-state index in [9.17, 15) is 4.79 Å². The summed E-state index contributed by atoms with van der Waals surface area (Å²) >= 11 is 3.12. The van der Waals surface area contributed by atoms with E-state index in [1.165, 1.54) is 16.2 Å². The molecule has 1 amide bonds.